The molecule has 0 unspecified atom stereocenters. The summed E-state index contributed by atoms with van der Waals surface area (Å²) in [4.78, 5) is 0. The standard InChI is InChI=1S/C40H33P2.C18H15P.C8H6.C8H5.Os/c1-6-17-33(18-7-1)29-30-40-34(31-41(36-21-8-2-9-22-36)37-23-10-3-11-24-37)19-16-20-35(40)32-42(38-25-12-4-13-26-38)39-27-14-5-15-28-39;1-4-10-16(11-5-1)19(17-12-6-2-7-13-17)18-14-8-3-9-15-18;2*1-2-8-6-4-3-5-7-8;/h1-29H,31-32H2;1-15H;2-7H;3-7H;/q-1;;;-1;/p+3. The van der Waals surface area contributed by atoms with E-state index in [0.717, 1.165) is 17.9 Å². The third-order valence-corrected chi connectivity index (χ3v) is 21.5. The van der Waals surface area contributed by atoms with Crippen molar-refractivity contribution in [1.82, 2.24) is 0 Å². The van der Waals surface area contributed by atoms with E-state index in [4.69, 9.17) is 6.42 Å². The molecule has 0 N–H and O–H groups in total. The van der Waals surface area contributed by atoms with Gasteiger partial charge in [0.1, 0.15) is 15.9 Å². The van der Waals surface area contributed by atoms with Crippen LogP contribution in [0.4, 0.5) is 0 Å². The van der Waals surface area contributed by atoms with Gasteiger partial charge in [-0.05, 0) is 84.9 Å². The molecule has 0 nitrogen and oxygen atoms in total. The molecule has 380 valence electrons. The van der Waals surface area contributed by atoms with Crippen LogP contribution < -0.4 is 37.1 Å². The molecule has 11 rings (SSSR count). The zero-order valence-electron chi connectivity index (χ0n) is 43.5. The smallest absolute Gasteiger partial charge is 0.0620 e. The van der Waals surface area contributed by atoms with Crippen molar-refractivity contribution < 1.29 is 18.1 Å². The first-order valence-corrected chi connectivity index (χ1v) is 32.3. The normalized spacial score (nSPS) is 10.4. The number of rotatable bonds is 14. The van der Waals surface area contributed by atoms with Crippen molar-refractivity contribution in [1.29, 1.82) is 0 Å². The molecule has 11 aromatic carbocycles. The average Bonchev–Trinajstić information content (AvgIpc) is 3.54. The molecule has 0 bridgehead atoms. The van der Waals surface area contributed by atoms with Crippen LogP contribution >= 0.6 is 23.8 Å². The van der Waals surface area contributed by atoms with Crippen LogP contribution in [0.5, 0.6) is 0 Å². The monoisotopic (exact) mass is 1240 g/mol. The third-order valence-electron chi connectivity index (χ3n) is 12.8. The topological polar surface area (TPSA) is 0 Å². The van der Waals surface area contributed by atoms with Crippen LogP contribution in [0.3, 0.4) is 0 Å². The van der Waals surface area contributed by atoms with E-state index in [0.29, 0.717) is 0 Å². The molecule has 0 spiro atoms. The van der Waals surface area contributed by atoms with Crippen molar-refractivity contribution in [3.63, 3.8) is 0 Å². The molecular weight excluding hydrogens is 1170 g/mol. The Labute approximate surface area is 477 Å². The quantitative estimate of drug-likeness (QED) is 0.0441. The van der Waals surface area contributed by atoms with Crippen LogP contribution in [-0.4, -0.2) is 4.22 Å². The summed E-state index contributed by atoms with van der Waals surface area (Å²) in [7, 11) is -2.98. The summed E-state index contributed by atoms with van der Waals surface area (Å²) in [6.07, 6.45) is 16.7. The van der Waals surface area contributed by atoms with Gasteiger partial charge in [0.05, 0.1) is 57.3 Å². The van der Waals surface area contributed by atoms with Gasteiger partial charge in [-0.2, -0.15) is 0 Å². The van der Waals surface area contributed by atoms with E-state index in [1.807, 2.05) is 54.6 Å². The molecule has 0 saturated carbocycles. The molecule has 0 aliphatic rings. The maximum atomic E-state index is 6.69. The summed E-state index contributed by atoms with van der Waals surface area (Å²) < 4.78 is 2.99. The number of benzene rings is 11. The Hall–Kier alpha value is -7.70. The van der Waals surface area contributed by atoms with Crippen molar-refractivity contribution in [2.45, 2.75) is 12.3 Å². The van der Waals surface area contributed by atoms with Crippen LogP contribution in [0.1, 0.15) is 33.4 Å². The van der Waals surface area contributed by atoms with Gasteiger partial charge in [0, 0.05) is 0 Å². The van der Waals surface area contributed by atoms with E-state index in [9.17, 15) is 0 Å². The van der Waals surface area contributed by atoms with Gasteiger partial charge >= 0.3 is 64.3 Å². The van der Waals surface area contributed by atoms with Crippen LogP contribution in [0.25, 0.3) is 12.2 Å². The summed E-state index contributed by atoms with van der Waals surface area (Å²) in [6.45, 7) is 0. The van der Waals surface area contributed by atoms with Crippen LogP contribution in [0.15, 0.2) is 322 Å². The molecule has 11 aromatic rings. The predicted octanol–water partition coefficient (Wildman–Crippen LogP) is 14.7. The van der Waals surface area contributed by atoms with Gasteiger partial charge < -0.3 is 6.42 Å². The van der Waals surface area contributed by atoms with Gasteiger partial charge in [0.25, 0.3) is 0 Å². The van der Waals surface area contributed by atoms with E-state index in [1.54, 1.807) is 18.1 Å². The molecule has 0 atom stereocenters. The van der Waals surface area contributed by atoms with Crippen molar-refractivity contribution in [2.75, 3.05) is 0 Å². The Morgan fingerprint density at radius 3 is 0.910 bits per heavy atom. The molecule has 0 saturated heterocycles. The van der Waals surface area contributed by atoms with Crippen molar-refractivity contribution in [3.05, 3.63) is 367 Å². The first-order valence-electron chi connectivity index (χ1n) is 26.1. The Bertz CT molecular complexity index is 3260. The first kappa shape index (κ1) is 56.5. The van der Waals surface area contributed by atoms with Gasteiger partial charge in [-0.25, -0.2) is 0 Å². The van der Waals surface area contributed by atoms with E-state index in [2.05, 4.69) is 295 Å². The van der Waals surface area contributed by atoms with Gasteiger partial charge in [0.15, 0.2) is 0 Å². The minimum atomic E-state index is -1.05. The molecule has 78 heavy (non-hydrogen) atoms. The van der Waals surface area contributed by atoms with Gasteiger partial charge in [-0.15, -0.1) is 35.4 Å². The van der Waals surface area contributed by atoms with Crippen molar-refractivity contribution in [2.24, 2.45) is 0 Å². The number of hydrogen-bond donors (Lipinski definition) is 0. The second-order valence-corrected chi connectivity index (χ2v) is 26.2. The molecule has 0 amide bonds. The maximum Gasteiger partial charge on any atom is 0.102 e. The minimum absolute atomic E-state index is 0.826. The van der Waals surface area contributed by atoms with E-state index < -0.39 is 23.8 Å². The fourth-order valence-corrected chi connectivity index (χ4v) is 17.2. The second-order valence-electron chi connectivity index (χ2n) is 18.0. The number of hydrogen-bond acceptors (Lipinski definition) is 0. The first-order chi connectivity index (χ1) is 38.7. The Morgan fingerprint density at radius 1 is 0.333 bits per heavy atom. The fourth-order valence-electron chi connectivity index (χ4n) is 8.96. The van der Waals surface area contributed by atoms with Crippen LogP contribution in [0.2, 0.25) is 0 Å². The summed E-state index contributed by atoms with van der Waals surface area (Å²) in [5.41, 5.74) is 7.23. The minimum Gasteiger partial charge on any atom is -0.0620 e. The zero-order valence-corrected chi connectivity index (χ0v) is 49.1. The summed E-state index contributed by atoms with van der Waals surface area (Å²) >= 11 is 1.72. The van der Waals surface area contributed by atoms with E-state index >= 15 is 0 Å². The molecule has 0 aliphatic heterocycles. The zero-order chi connectivity index (χ0) is 53.7. The molecule has 4 heteroatoms. The predicted molar refractivity (Wildman–Crippen MR) is 343 cm³/mol. The second kappa shape index (κ2) is 32.1. The molecule has 0 fully saturated rings. The third kappa shape index (κ3) is 17.7. The van der Waals surface area contributed by atoms with Gasteiger partial charge in [-0.1, -0.05) is 211 Å². The largest absolute Gasteiger partial charge is 0.102 e. The molecule has 0 aliphatic carbocycles. The van der Waals surface area contributed by atoms with E-state index in [-0.39, 0.29) is 0 Å². The average molecular weight is 1230 g/mol. The summed E-state index contributed by atoms with van der Waals surface area (Å²) in [6, 6.07) is 114. The molecular formula is C74H62OsP3+. The van der Waals surface area contributed by atoms with Crippen molar-refractivity contribution in [3.8, 4) is 5.92 Å². The van der Waals surface area contributed by atoms with Crippen LogP contribution in [-0.2, 0) is 30.5 Å². The van der Waals surface area contributed by atoms with Gasteiger partial charge in [-0.3, -0.25) is 5.92 Å². The van der Waals surface area contributed by atoms with E-state index in [1.165, 1.54) is 64.9 Å². The molecule has 0 heterocycles. The van der Waals surface area contributed by atoms with Crippen molar-refractivity contribution >= 4 is 77.3 Å². The SMILES string of the molecule is [C-]#Cc1ccccc1.[C-](=Cc1ccccc1)c1c(C[PH+](c2ccccc2)c2ccccc2)cccc1C[PH+](c1ccccc1)c1ccccc1.[Os]=[C]=Cc1ccccc1.c1ccc([PH+](c2ccccc2)c2ccccc2)cc1. The van der Waals surface area contributed by atoms with Crippen LogP contribution in [0, 0.1) is 18.4 Å². The Morgan fingerprint density at radius 2 is 0.615 bits per heavy atom. The Balaban J connectivity index is 0.000000180. The molecule has 0 aromatic heterocycles. The molecule has 0 radical (unpaired) electrons. The maximum absolute atomic E-state index is 6.69. The fraction of sp³-hybridized carbons (Fsp3) is 0.0270. The van der Waals surface area contributed by atoms with Gasteiger partial charge in [0.2, 0.25) is 0 Å². The Kier molecular flexibility index (Phi) is 23.3. The summed E-state index contributed by atoms with van der Waals surface area (Å²) in [5.74, 6) is 2.28. The summed E-state index contributed by atoms with van der Waals surface area (Å²) in [5, 5.41) is 10.1.